The Balaban J connectivity index is 0.969. The molecule has 0 unspecified atom stereocenters. The van der Waals surface area contributed by atoms with Crippen molar-refractivity contribution in [2.45, 2.75) is 13.8 Å². The summed E-state index contributed by atoms with van der Waals surface area (Å²) in [5.74, 6) is 6.04. The standard InChI is InChI=1S/C44H32F2O6/c1-29-23-43(51-35-19-15-33(16-20-35)47-39-11-5-13-41(27-39)49-37-9-3-7-31(45)25-37)30(2)44(24-29)52-36-21-17-34(18-22-36)48-40-12-6-14-42(28-40)50-38-10-4-8-32(46)26-38/h3-28H,1-2H3. The molecule has 0 aliphatic rings. The minimum absolute atomic E-state index is 0.370. The fourth-order valence-electron chi connectivity index (χ4n) is 5.22. The molecule has 7 aromatic carbocycles. The predicted octanol–water partition coefficient (Wildman–Crippen LogP) is 13.3. The molecule has 0 atom stereocenters. The summed E-state index contributed by atoms with van der Waals surface area (Å²) >= 11 is 0. The van der Waals surface area contributed by atoms with Crippen LogP contribution >= 0.6 is 0 Å². The zero-order valence-electron chi connectivity index (χ0n) is 28.2. The van der Waals surface area contributed by atoms with E-state index in [1.54, 1.807) is 60.7 Å². The molecule has 6 nitrogen and oxygen atoms in total. The highest BCUT2D eigenvalue weighted by Crippen LogP contribution is 2.37. The van der Waals surface area contributed by atoms with Crippen LogP contribution in [0.25, 0.3) is 0 Å². The van der Waals surface area contributed by atoms with Crippen LogP contribution in [0.5, 0.6) is 69.0 Å². The van der Waals surface area contributed by atoms with E-state index in [-0.39, 0.29) is 11.6 Å². The van der Waals surface area contributed by atoms with Gasteiger partial charge in [-0.1, -0.05) is 24.3 Å². The van der Waals surface area contributed by atoms with Gasteiger partial charge in [0.05, 0.1) is 0 Å². The maximum Gasteiger partial charge on any atom is 0.134 e. The Morgan fingerprint density at radius 3 is 0.942 bits per heavy atom. The average Bonchev–Trinajstić information content (AvgIpc) is 3.12. The van der Waals surface area contributed by atoms with Crippen LogP contribution in [-0.2, 0) is 0 Å². The lowest BCUT2D eigenvalue weighted by Crippen LogP contribution is -1.94. The molecule has 0 aliphatic carbocycles. The molecule has 7 rings (SSSR count). The maximum absolute atomic E-state index is 13.6. The molecule has 7 aromatic rings. The first-order valence-corrected chi connectivity index (χ1v) is 16.4. The van der Waals surface area contributed by atoms with Crippen molar-refractivity contribution in [2.24, 2.45) is 0 Å². The largest absolute Gasteiger partial charge is 0.457 e. The lowest BCUT2D eigenvalue weighted by atomic mass is 10.1. The molecule has 0 amide bonds. The molecule has 0 fully saturated rings. The summed E-state index contributed by atoms with van der Waals surface area (Å²) in [6, 6.07) is 44.7. The van der Waals surface area contributed by atoms with Gasteiger partial charge in [-0.15, -0.1) is 0 Å². The monoisotopic (exact) mass is 694 g/mol. The Labute approximate surface area is 300 Å². The van der Waals surface area contributed by atoms with E-state index in [0.717, 1.165) is 11.1 Å². The first-order valence-electron chi connectivity index (χ1n) is 16.4. The van der Waals surface area contributed by atoms with Crippen LogP contribution in [0, 0.1) is 25.5 Å². The molecule has 0 saturated heterocycles. The quantitative estimate of drug-likeness (QED) is 0.127. The van der Waals surface area contributed by atoms with Gasteiger partial charge >= 0.3 is 0 Å². The Bertz CT molecular complexity index is 2150. The average molecular weight is 695 g/mol. The van der Waals surface area contributed by atoms with E-state index >= 15 is 0 Å². The van der Waals surface area contributed by atoms with Gasteiger partial charge < -0.3 is 28.4 Å². The molecule has 0 bridgehead atoms. The summed E-state index contributed by atoms with van der Waals surface area (Å²) in [4.78, 5) is 0. The molecule has 0 heterocycles. The molecule has 0 N–H and O–H groups in total. The third-order valence-corrected chi connectivity index (χ3v) is 7.71. The first kappa shape index (κ1) is 33.7. The van der Waals surface area contributed by atoms with Crippen molar-refractivity contribution >= 4 is 0 Å². The van der Waals surface area contributed by atoms with Gasteiger partial charge in [0.2, 0.25) is 0 Å². The van der Waals surface area contributed by atoms with Crippen LogP contribution < -0.4 is 28.4 Å². The van der Waals surface area contributed by atoms with Gasteiger partial charge in [0.25, 0.3) is 0 Å². The Morgan fingerprint density at radius 2 is 0.596 bits per heavy atom. The van der Waals surface area contributed by atoms with Crippen LogP contribution in [0.3, 0.4) is 0 Å². The van der Waals surface area contributed by atoms with Gasteiger partial charge in [-0.2, -0.15) is 0 Å². The third-order valence-electron chi connectivity index (χ3n) is 7.71. The smallest absolute Gasteiger partial charge is 0.134 e. The fraction of sp³-hybridized carbons (Fsp3) is 0.0455. The Hall–Kier alpha value is -6.80. The molecule has 0 radical (unpaired) electrons. The normalized spacial score (nSPS) is 10.7. The van der Waals surface area contributed by atoms with E-state index in [1.807, 2.05) is 86.6 Å². The molecule has 0 aromatic heterocycles. The van der Waals surface area contributed by atoms with E-state index in [2.05, 4.69) is 0 Å². The SMILES string of the molecule is Cc1cc(Oc2ccc(Oc3cccc(Oc4cccc(F)c4)c3)cc2)c(C)c(Oc2ccc(Oc3cccc(Oc4cccc(F)c4)c3)cc2)c1. The molecular formula is C44H32F2O6. The van der Waals surface area contributed by atoms with E-state index in [1.165, 1.54) is 24.3 Å². The number of halogens is 2. The zero-order valence-corrected chi connectivity index (χ0v) is 28.2. The minimum Gasteiger partial charge on any atom is -0.457 e. The first-order chi connectivity index (χ1) is 25.3. The van der Waals surface area contributed by atoms with Crippen molar-refractivity contribution in [1.82, 2.24) is 0 Å². The highest BCUT2D eigenvalue weighted by Gasteiger charge is 2.12. The number of rotatable bonds is 12. The van der Waals surface area contributed by atoms with Crippen LogP contribution in [0.4, 0.5) is 8.78 Å². The minimum atomic E-state index is -0.370. The molecule has 52 heavy (non-hydrogen) atoms. The van der Waals surface area contributed by atoms with E-state index < -0.39 is 0 Å². The van der Waals surface area contributed by atoms with E-state index in [4.69, 9.17) is 28.4 Å². The van der Waals surface area contributed by atoms with Crippen LogP contribution in [0.1, 0.15) is 11.1 Å². The second kappa shape index (κ2) is 15.4. The predicted molar refractivity (Wildman–Crippen MR) is 195 cm³/mol. The Kier molecular flexibility index (Phi) is 9.97. The summed E-state index contributed by atoms with van der Waals surface area (Å²) in [5.41, 5.74) is 1.80. The molecule has 8 heteroatoms. The second-order valence-corrected chi connectivity index (χ2v) is 11.8. The molecule has 258 valence electrons. The van der Waals surface area contributed by atoms with E-state index in [0.29, 0.717) is 69.0 Å². The summed E-state index contributed by atoms with van der Waals surface area (Å²) in [7, 11) is 0. The molecule has 0 spiro atoms. The fourth-order valence-corrected chi connectivity index (χ4v) is 5.22. The number of hydrogen-bond acceptors (Lipinski definition) is 6. The topological polar surface area (TPSA) is 55.4 Å². The van der Waals surface area contributed by atoms with Crippen molar-refractivity contribution in [3.8, 4) is 69.0 Å². The van der Waals surface area contributed by atoms with Crippen molar-refractivity contribution in [1.29, 1.82) is 0 Å². The van der Waals surface area contributed by atoms with Crippen LogP contribution in [0.2, 0.25) is 0 Å². The second-order valence-electron chi connectivity index (χ2n) is 11.8. The van der Waals surface area contributed by atoms with Crippen molar-refractivity contribution in [2.75, 3.05) is 0 Å². The van der Waals surface area contributed by atoms with Gasteiger partial charge in [0.15, 0.2) is 0 Å². The number of aryl methyl sites for hydroxylation is 1. The maximum atomic E-state index is 13.6. The summed E-state index contributed by atoms with van der Waals surface area (Å²) in [5, 5.41) is 0. The zero-order chi connectivity index (χ0) is 35.9. The van der Waals surface area contributed by atoms with Crippen molar-refractivity contribution in [3.05, 3.63) is 180 Å². The van der Waals surface area contributed by atoms with Crippen molar-refractivity contribution in [3.63, 3.8) is 0 Å². The highest BCUT2D eigenvalue weighted by atomic mass is 19.1. The van der Waals surface area contributed by atoms with E-state index in [9.17, 15) is 8.78 Å². The van der Waals surface area contributed by atoms with Gasteiger partial charge in [0.1, 0.15) is 80.6 Å². The molecule has 0 aliphatic heterocycles. The van der Waals surface area contributed by atoms with Crippen molar-refractivity contribution < 1.29 is 37.2 Å². The van der Waals surface area contributed by atoms with Gasteiger partial charge in [0, 0.05) is 29.8 Å². The van der Waals surface area contributed by atoms with Gasteiger partial charge in [-0.3, -0.25) is 0 Å². The van der Waals surface area contributed by atoms with Crippen LogP contribution in [-0.4, -0.2) is 0 Å². The molecular weight excluding hydrogens is 662 g/mol. The third kappa shape index (κ3) is 8.86. The van der Waals surface area contributed by atoms with Gasteiger partial charge in [-0.05, 0) is 129 Å². The van der Waals surface area contributed by atoms with Gasteiger partial charge in [-0.25, -0.2) is 8.78 Å². The highest BCUT2D eigenvalue weighted by molar-refractivity contribution is 5.51. The Morgan fingerprint density at radius 1 is 0.308 bits per heavy atom. The lowest BCUT2D eigenvalue weighted by molar-refractivity contribution is 0.445. The summed E-state index contributed by atoms with van der Waals surface area (Å²) < 4.78 is 63.2. The number of ether oxygens (including phenoxy) is 6. The molecule has 0 saturated carbocycles. The number of hydrogen-bond donors (Lipinski definition) is 0. The summed E-state index contributed by atoms with van der Waals surface area (Å²) in [6.45, 7) is 3.92. The summed E-state index contributed by atoms with van der Waals surface area (Å²) in [6.07, 6.45) is 0. The van der Waals surface area contributed by atoms with Crippen LogP contribution in [0.15, 0.2) is 158 Å². The number of benzene rings is 7. The lowest BCUT2D eigenvalue weighted by Gasteiger charge is -2.15.